The Morgan fingerprint density at radius 3 is 2.56 bits per heavy atom. The van der Waals surface area contributed by atoms with Crippen LogP contribution in [-0.4, -0.2) is 109 Å². The smallest absolute Gasteiger partial charge is 0.245 e. The second kappa shape index (κ2) is 12.6. The molecule has 4 saturated heterocycles. The summed E-state index contributed by atoms with van der Waals surface area (Å²) in [4.78, 5) is 45.7. The van der Waals surface area contributed by atoms with Crippen LogP contribution in [0.5, 0.6) is 5.75 Å². The maximum atomic E-state index is 14.2. The Hall–Kier alpha value is -2.73. The van der Waals surface area contributed by atoms with Gasteiger partial charge < -0.3 is 34.9 Å². The van der Waals surface area contributed by atoms with Gasteiger partial charge in [0.2, 0.25) is 17.7 Å². The Balaban J connectivity index is 1.38. The molecule has 4 aliphatic heterocycles. The Kier molecular flexibility index (Phi) is 9.18. The highest BCUT2D eigenvalue weighted by molar-refractivity contribution is 6.02. The number of rotatable bonds is 12. The number of likely N-dealkylation sites (tertiary alicyclic amines) is 1. The SMILES string of the molecule is CCOc1ccc(NC(=O)[C@@H]2[C@@H]3CCC4(O3)C(C(=O)NCCN3CCOCC3)N([C@@H](CO)[C@@H](C)CC)C(=O)[C@H]24)cc1. The summed E-state index contributed by atoms with van der Waals surface area (Å²) in [7, 11) is 0. The number of ether oxygens (including phenoxy) is 3. The summed E-state index contributed by atoms with van der Waals surface area (Å²) in [6, 6.07) is 5.64. The van der Waals surface area contributed by atoms with Crippen LogP contribution in [0.1, 0.15) is 40.0 Å². The van der Waals surface area contributed by atoms with Gasteiger partial charge in [-0.1, -0.05) is 20.3 Å². The van der Waals surface area contributed by atoms with E-state index in [1.165, 1.54) is 0 Å². The lowest BCUT2D eigenvalue weighted by Crippen LogP contribution is -2.59. The quantitative estimate of drug-likeness (QED) is 0.341. The zero-order chi connectivity index (χ0) is 29.1. The molecule has 3 amide bonds. The van der Waals surface area contributed by atoms with Gasteiger partial charge in [-0.25, -0.2) is 0 Å². The predicted molar refractivity (Wildman–Crippen MR) is 151 cm³/mol. The molecule has 0 radical (unpaired) electrons. The van der Waals surface area contributed by atoms with E-state index in [0.717, 1.165) is 19.5 Å². The number of aliphatic hydroxyl groups excluding tert-OH is 1. The molecule has 5 rings (SSSR count). The van der Waals surface area contributed by atoms with Gasteiger partial charge in [-0.3, -0.25) is 19.3 Å². The number of hydrogen-bond donors (Lipinski definition) is 3. The summed E-state index contributed by atoms with van der Waals surface area (Å²) in [6.45, 7) is 10.2. The van der Waals surface area contributed by atoms with Crippen molar-refractivity contribution in [1.82, 2.24) is 15.1 Å². The number of carbonyl (C=O) groups is 3. The fraction of sp³-hybridized carbons (Fsp3) is 0.700. The molecular formula is C30H44N4O7. The first-order valence-electron chi connectivity index (χ1n) is 15.1. The van der Waals surface area contributed by atoms with Crippen LogP contribution in [0, 0.1) is 17.8 Å². The van der Waals surface area contributed by atoms with E-state index in [4.69, 9.17) is 14.2 Å². The van der Waals surface area contributed by atoms with Crippen LogP contribution >= 0.6 is 0 Å². The Morgan fingerprint density at radius 2 is 1.90 bits per heavy atom. The largest absolute Gasteiger partial charge is 0.494 e. The highest BCUT2D eigenvalue weighted by atomic mass is 16.5. The van der Waals surface area contributed by atoms with E-state index in [0.29, 0.717) is 57.2 Å². The number of carbonyl (C=O) groups excluding carboxylic acids is 3. The summed E-state index contributed by atoms with van der Waals surface area (Å²) in [5.74, 6) is -1.73. The monoisotopic (exact) mass is 572 g/mol. The highest BCUT2D eigenvalue weighted by Gasteiger charge is 2.75. The molecule has 11 heteroatoms. The highest BCUT2D eigenvalue weighted by Crippen LogP contribution is 2.59. The molecule has 1 aromatic rings. The Labute approximate surface area is 241 Å². The van der Waals surface area contributed by atoms with Gasteiger partial charge in [-0.2, -0.15) is 0 Å². The van der Waals surface area contributed by atoms with Crippen molar-refractivity contribution >= 4 is 23.4 Å². The molecule has 0 aromatic heterocycles. The number of anilines is 1. The first kappa shape index (κ1) is 29.8. The van der Waals surface area contributed by atoms with Gasteiger partial charge in [0, 0.05) is 31.9 Å². The van der Waals surface area contributed by atoms with Gasteiger partial charge in [0.25, 0.3) is 0 Å². The molecule has 41 heavy (non-hydrogen) atoms. The number of nitrogens with zero attached hydrogens (tertiary/aromatic N) is 2. The molecule has 2 bridgehead atoms. The fourth-order valence-electron chi connectivity index (χ4n) is 7.15. The van der Waals surface area contributed by atoms with Crippen LogP contribution in [0.2, 0.25) is 0 Å². The van der Waals surface area contributed by atoms with Crippen molar-refractivity contribution in [2.75, 3.05) is 57.9 Å². The minimum Gasteiger partial charge on any atom is -0.494 e. The average Bonchev–Trinajstić information content (AvgIpc) is 3.62. The van der Waals surface area contributed by atoms with E-state index in [9.17, 15) is 19.5 Å². The Bertz CT molecular complexity index is 1090. The van der Waals surface area contributed by atoms with Crippen molar-refractivity contribution in [2.45, 2.75) is 63.8 Å². The van der Waals surface area contributed by atoms with E-state index in [1.54, 1.807) is 29.2 Å². The van der Waals surface area contributed by atoms with Crippen molar-refractivity contribution in [3.05, 3.63) is 24.3 Å². The first-order valence-corrected chi connectivity index (χ1v) is 15.1. The molecule has 4 heterocycles. The van der Waals surface area contributed by atoms with Crippen molar-refractivity contribution in [3.63, 3.8) is 0 Å². The maximum absolute atomic E-state index is 14.2. The lowest BCUT2D eigenvalue weighted by atomic mass is 9.70. The van der Waals surface area contributed by atoms with Gasteiger partial charge in [-0.05, 0) is 49.9 Å². The summed E-state index contributed by atoms with van der Waals surface area (Å²) in [6.07, 6.45) is 1.37. The number of nitrogens with one attached hydrogen (secondary N) is 2. The van der Waals surface area contributed by atoms with Gasteiger partial charge in [0.05, 0.1) is 50.4 Å². The molecule has 1 aromatic carbocycles. The summed E-state index contributed by atoms with van der Waals surface area (Å²) in [5, 5.41) is 16.5. The minimum atomic E-state index is -1.10. The average molecular weight is 573 g/mol. The molecule has 0 aliphatic carbocycles. The molecular weight excluding hydrogens is 528 g/mol. The maximum Gasteiger partial charge on any atom is 0.245 e. The summed E-state index contributed by atoms with van der Waals surface area (Å²) >= 11 is 0. The summed E-state index contributed by atoms with van der Waals surface area (Å²) < 4.78 is 17.4. The van der Waals surface area contributed by atoms with Crippen LogP contribution in [0.25, 0.3) is 0 Å². The fourth-order valence-corrected chi connectivity index (χ4v) is 7.15. The van der Waals surface area contributed by atoms with Gasteiger partial charge >= 0.3 is 0 Å². The van der Waals surface area contributed by atoms with Crippen LogP contribution in [0.15, 0.2) is 24.3 Å². The lowest BCUT2D eigenvalue weighted by molar-refractivity contribution is -0.146. The molecule has 226 valence electrons. The van der Waals surface area contributed by atoms with E-state index in [2.05, 4.69) is 15.5 Å². The zero-order valence-corrected chi connectivity index (χ0v) is 24.3. The molecule has 0 saturated carbocycles. The van der Waals surface area contributed by atoms with Gasteiger partial charge in [-0.15, -0.1) is 0 Å². The van der Waals surface area contributed by atoms with Crippen molar-refractivity contribution < 1.29 is 33.7 Å². The second-order valence-corrected chi connectivity index (χ2v) is 11.6. The normalized spacial score (nSPS) is 30.6. The van der Waals surface area contributed by atoms with Gasteiger partial charge in [0.1, 0.15) is 17.4 Å². The van der Waals surface area contributed by atoms with E-state index in [1.807, 2.05) is 20.8 Å². The van der Waals surface area contributed by atoms with Crippen molar-refractivity contribution in [3.8, 4) is 5.75 Å². The third-order valence-electron chi connectivity index (χ3n) is 9.40. The van der Waals surface area contributed by atoms with Crippen molar-refractivity contribution in [2.24, 2.45) is 17.8 Å². The molecule has 2 unspecified atom stereocenters. The molecule has 3 N–H and O–H groups in total. The zero-order valence-electron chi connectivity index (χ0n) is 24.3. The van der Waals surface area contributed by atoms with Crippen LogP contribution in [0.3, 0.4) is 0 Å². The number of hydrogen-bond acceptors (Lipinski definition) is 8. The third kappa shape index (κ3) is 5.57. The molecule has 7 atom stereocenters. The van der Waals surface area contributed by atoms with E-state index in [-0.39, 0.29) is 30.2 Å². The summed E-state index contributed by atoms with van der Waals surface area (Å²) in [5.41, 5.74) is -0.505. The Morgan fingerprint density at radius 1 is 1.17 bits per heavy atom. The number of amides is 3. The lowest BCUT2D eigenvalue weighted by Gasteiger charge is -2.39. The number of aliphatic hydroxyl groups is 1. The number of benzene rings is 1. The van der Waals surface area contributed by atoms with Crippen LogP contribution < -0.4 is 15.4 Å². The topological polar surface area (TPSA) is 130 Å². The molecule has 11 nitrogen and oxygen atoms in total. The molecule has 4 aliphatic rings. The van der Waals surface area contributed by atoms with Crippen LogP contribution in [0.4, 0.5) is 5.69 Å². The standard InChI is InChI=1S/C30H44N4O7/c1-4-19(3)22(18-35)34-26(28(37)31-12-13-33-14-16-39-17-15-33)30-11-10-23(41-30)24(25(30)29(34)38)27(36)32-20-6-8-21(9-7-20)40-5-2/h6-9,19,22-26,35H,4-5,10-18H2,1-3H3,(H,31,37)(H,32,36)/t19-,22-,23-,24+,25-,26?,30?/m0/s1. The molecule has 4 fully saturated rings. The third-order valence-corrected chi connectivity index (χ3v) is 9.40. The number of fused-ring (bicyclic) bond motifs is 1. The van der Waals surface area contributed by atoms with Gasteiger partial charge in [0.15, 0.2) is 0 Å². The second-order valence-electron chi connectivity index (χ2n) is 11.6. The van der Waals surface area contributed by atoms with E-state index >= 15 is 0 Å². The van der Waals surface area contributed by atoms with Crippen LogP contribution in [-0.2, 0) is 23.9 Å². The first-order chi connectivity index (χ1) is 19.8. The van der Waals surface area contributed by atoms with Crippen molar-refractivity contribution in [1.29, 1.82) is 0 Å². The number of morpholine rings is 1. The predicted octanol–water partition coefficient (Wildman–Crippen LogP) is 1.25. The van der Waals surface area contributed by atoms with E-state index < -0.39 is 35.6 Å². The minimum absolute atomic E-state index is 0.0452. The molecule has 1 spiro atoms.